The predicted molar refractivity (Wildman–Crippen MR) is 156 cm³/mol. The zero-order valence-electron chi connectivity index (χ0n) is 23.3. The topological polar surface area (TPSA) is 118 Å². The summed E-state index contributed by atoms with van der Waals surface area (Å²) in [6.07, 6.45) is 9.29. The average Bonchev–Trinajstić information content (AvgIpc) is 3.70. The van der Waals surface area contributed by atoms with Gasteiger partial charge in [0.05, 0.1) is 17.1 Å². The third-order valence-corrected chi connectivity index (χ3v) is 8.99. The van der Waals surface area contributed by atoms with E-state index in [1.54, 1.807) is 6.20 Å². The molecule has 3 N–H and O–H groups in total. The quantitative estimate of drug-likeness (QED) is 0.244. The Bertz CT molecular complexity index is 1540. The Kier molecular flexibility index (Phi) is 6.44. The Labute approximate surface area is 239 Å². The third kappa shape index (κ3) is 5.28. The number of fused-ring (bicyclic) bond motifs is 3. The van der Waals surface area contributed by atoms with Crippen molar-refractivity contribution in [2.24, 2.45) is 0 Å². The molecule has 3 heterocycles. The molecule has 4 aliphatic rings. The number of ether oxygens (including phenoxy) is 1. The second-order valence-electron chi connectivity index (χ2n) is 11.9. The molecule has 41 heavy (non-hydrogen) atoms. The maximum Gasteiger partial charge on any atom is 0.407 e. The van der Waals surface area contributed by atoms with Crippen LogP contribution in [-0.2, 0) is 16.8 Å². The van der Waals surface area contributed by atoms with Crippen LogP contribution in [0.2, 0.25) is 0 Å². The van der Waals surface area contributed by atoms with Crippen LogP contribution in [0.4, 0.5) is 10.7 Å². The summed E-state index contributed by atoms with van der Waals surface area (Å²) in [7, 11) is 0. The summed E-state index contributed by atoms with van der Waals surface area (Å²) >= 11 is 0. The normalized spacial score (nSPS) is 23.2. The van der Waals surface area contributed by atoms with Crippen LogP contribution in [0, 0.1) is 6.92 Å². The minimum absolute atomic E-state index is 0.0731. The maximum atomic E-state index is 12.7. The summed E-state index contributed by atoms with van der Waals surface area (Å²) in [5.41, 5.74) is 4.97. The average molecular weight is 550 g/mol. The Morgan fingerprint density at radius 1 is 0.927 bits per heavy atom. The molecule has 8 rings (SSSR count). The Hall–Kier alpha value is -4.27. The lowest BCUT2D eigenvalue weighted by atomic mass is 9.57. The molecule has 4 aliphatic carbocycles. The molecule has 4 saturated carbocycles. The highest BCUT2D eigenvalue weighted by Crippen LogP contribution is 2.53. The Morgan fingerprint density at radius 3 is 2.44 bits per heavy atom. The van der Waals surface area contributed by atoms with Crippen LogP contribution < -0.4 is 10.6 Å². The monoisotopic (exact) mass is 549 g/mol. The predicted octanol–water partition coefficient (Wildman–Crippen LogP) is 6.08. The van der Waals surface area contributed by atoms with E-state index in [4.69, 9.17) is 19.7 Å². The Balaban J connectivity index is 1.12. The van der Waals surface area contributed by atoms with Crippen LogP contribution in [0.5, 0.6) is 0 Å². The summed E-state index contributed by atoms with van der Waals surface area (Å²) in [6.45, 7) is 2.27. The number of pyridine rings is 1. The number of amides is 1. The number of alkyl carbamates (subject to hydrolysis) is 1. The van der Waals surface area contributed by atoms with Crippen molar-refractivity contribution in [2.45, 2.75) is 81.9 Å². The van der Waals surface area contributed by atoms with Crippen molar-refractivity contribution in [3.05, 3.63) is 77.9 Å². The van der Waals surface area contributed by atoms with Gasteiger partial charge in [0.2, 0.25) is 5.95 Å². The molecular formula is C32H35N7O2. The molecule has 0 radical (unpaired) electrons. The molecule has 0 atom stereocenters. The van der Waals surface area contributed by atoms with Crippen molar-refractivity contribution < 1.29 is 9.53 Å². The van der Waals surface area contributed by atoms with Crippen molar-refractivity contribution in [2.75, 3.05) is 5.32 Å². The number of carbonyl (C=O) groups excluding carboxylic acids is 1. The van der Waals surface area contributed by atoms with Crippen LogP contribution in [-0.4, -0.2) is 42.6 Å². The number of hydrogen-bond acceptors (Lipinski definition) is 7. The molecule has 1 amide bonds. The number of anilines is 1. The number of aromatic nitrogens is 5. The van der Waals surface area contributed by atoms with Gasteiger partial charge in [-0.25, -0.2) is 19.7 Å². The minimum Gasteiger partial charge on any atom is -0.445 e. The van der Waals surface area contributed by atoms with Crippen molar-refractivity contribution in [1.29, 1.82) is 0 Å². The van der Waals surface area contributed by atoms with E-state index in [1.165, 1.54) is 0 Å². The lowest BCUT2D eigenvalue weighted by Crippen LogP contribution is -2.58. The van der Waals surface area contributed by atoms with Crippen LogP contribution in [0.25, 0.3) is 22.8 Å². The van der Waals surface area contributed by atoms with Gasteiger partial charge in [0.25, 0.3) is 0 Å². The molecule has 0 saturated heterocycles. The number of aryl methyl sites for hydroxylation is 1. The molecule has 0 spiro atoms. The summed E-state index contributed by atoms with van der Waals surface area (Å²) in [4.78, 5) is 35.8. The summed E-state index contributed by atoms with van der Waals surface area (Å²) < 4.78 is 5.56. The van der Waals surface area contributed by atoms with Gasteiger partial charge in [-0.1, -0.05) is 36.4 Å². The third-order valence-electron chi connectivity index (χ3n) is 8.99. The lowest BCUT2D eigenvalue weighted by molar-refractivity contribution is 0.0598. The smallest absolute Gasteiger partial charge is 0.407 e. The molecule has 210 valence electrons. The molecule has 9 nitrogen and oxygen atoms in total. The molecule has 1 aromatic carbocycles. The summed E-state index contributed by atoms with van der Waals surface area (Å²) in [6, 6.07) is 18.2. The van der Waals surface area contributed by atoms with Gasteiger partial charge in [-0.2, -0.15) is 0 Å². The molecular weight excluding hydrogens is 514 g/mol. The fourth-order valence-electron chi connectivity index (χ4n) is 6.35. The molecule has 4 aromatic rings. The van der Waals surface area contributed by atoms with E-state index in [-0.39, 0.29) is 23.7 Å². The SMILES string of the molecule is Cc1cccc(-c2nc(C34CCC(NC(=O)OCc5ccccc5)(CC3)CC4)[nH]c2-c2ccnc(NC3CC3)n2)n1. The first-order valence-electron chi connectivity index (χ1n) is 14.6. The zero-order chi connectivity index (χ0) is 27.9. The number of rotatable bonds is 8. The highest BCUT2D eigenvalue weighted by atomic mass is 16.5. The zero-order valence-corrected chi connectivity index (χ0v) is 23.3. The van der Waals surface area contributed by atoms with E-state index in [0.717, 1.165) is 91.2 Å². The van der Waals surface area contributed by atoms with Gasteiger partial charge in [0, 0.05) is 28.9 Å². The van der Waals surface area contributed by atoms with Crippen molar-refractivity contribution >= 4 is 12.0 Å². The lowest BCUT2D eigenvalue weighted by Gasteiger charge is -2.52. The summed E-state index contributed by atoms with van der Waals surface area (Å²) in [5, 5.41) is 6.65. The van der Waals surface area contributed by atoms with Crippen LogP contribution in [0.3, 0.4) is 0 Å². The number of nitrogens with one attached hydrogen (secondary N) is 3. The number of imidazole rings is 1. The van der Waals surface area contributed by atoms with Gasteiger partial charge in [0.1, 0.15) is 18.1 Å². The Morgan fingerprint density at radius 2 is 1.71 bits per heavy atom. The molecule has 0 aliphatic heterocycles. The maximum absolute atomic E-state index is 12.7. The van der Waals surface area contributed by atoms with Crippen molar-refractivity contribution in [3.8, 4) is 22.8 Å². The van der Waals surface area contributed by atoms with Gasteiger partial charge in [0.15, 0.2) is 0 Å². The van der Waals surface area contributed by atoms with Gasteiger partial charge >= 0.3 is 6.09 Å². The van der Waals surface area contributed by atoms with Crippen molar-refractivity contribution in [1.82, 2.24) is 30.2 Å². The second kappa shape index (κ2) is 10.3. The molecule has 4 fully saturated rings. The van der Waals surface area contributed by atoms with Gasteiger partial charge < -0.3 is 20.4 Å². The van der Waals surface area contributed by atoms with Crippen LogP contribution in [0.1, 0.15) is 68.4 Å². The number of carbonyl (C=O) groups is 1. The van der Waals surface area contributed by atoms with E-state index in [9.17, 15) is 4.79 Å². The largest absolute Gasteiger partial charge is 0.445 e. The molecule has 2 bridgehead atoms. The first kappa shape index (κ1) is 25.7. The fraction of sp³-hybridized carbons (Fsp3) is 0.406. The first-order valence-corrected chi connectivity index (χ1v) is 14.6. The number of hydrogen-bond donors (Lipinski definition) is 3. The van der Waals surface area contributed by atoms with Gasteiger partial charge in [-0.05, 0) is 82.1 Å². The van der Waals surface area contributed by atoms with Crippen LogP contribution in [0.15, 0.2) is 60.8 Å². The van der Waals surface area contributed by atoms with E-state index in [2.05, 4.69) is 20.6 Å². The minimum atomic E-state index is -0.337. The van der Waals surface area contributed by atoms with E-state index in [1.807, 2.05) is 61.5 Å². The highest BCUT2D eigenvalue weighted by molar-refractivity contribution is 5.75. The molecule has 9 heteroatoms. The van der Waals surface area contributed by atoms with E-state index >= 15 is 0 Å². The fourth-order valence-corrected chi connectivity index (χ4v) is 6.35. The van der Waals surface area contributed by atoms with E-state index in [0.29, 0.717) is 12.0 Å². The van der Waals surface area contributed by atoms with E-state index < -0.39 is 0 Å². The number of H-pyrrole nitrogens is 1. The van der Waals surface area contributed by atoms with Crippen molar-refractivity contribution in [3.63, 3.8) is 0 Å². The highest BCUT2D eigenvalue weighted by Gasteiger charge is 2.52. The number of benzene rings is 1. The van der Waals surface area contributed by atoms with Gasteiger partial charge in [-0.15, -0.1) is 0 Å². The molecule has 0 unspecified atom stereocenters. The van der Waals surface area contributed by atoms with Gasteiger partial charge in [-0.3, -0.25) is 4.98 Å². The number of nitrogens with zero attached hydrogens (tertiary/aromatic N) is 4. The first-order chi connectivity index (χ1) is 20.0. The number of aromatic amines is 1. The standard InChI is InChI=1S/C32H35N7O2/c1-21-6-5-9-24(34-21)26-27(25-12-19-33-29(36-25)35-23-10-11-23)38-28(37-26)31-13-16-32(17-14-31,18-15-31)39-30(40)41-20-22-7-3-2-4-8-22/h2-9,12,19,23H,10-11,13-18,20H2,1H3,(H,37,38)(H,39,40)(H,33,35,36). The summed E-state index contributed by atoms with van der Waals surface area (Å²) in [5.74, 6) is 1.63. The van der Waals surface area contributed by atoms with Crippen LogP contribution >= 0.6 is 0 Å². The molecule has 3 aromatic heterocycles. The second-order valence-corrected chi connectivity index (χ2v) is 11.9.